The van der Waals surface area contributed by atoms with Crippen LogP contribution in [0.1, 0.15) is 42.7 Å². The Bertz CT molecular complexity index is 1350. The fourth-order valence-corrected chi connectivity index (χ4v) is 4.20. The van der Waals surface area contributed by atoms with E-state index in [9.17, 15) is 9.18 Å². The predicted octanol–water partition coefficient (Wildman–Crippen LogP) is 5.71. The molecule has 1 N–H and O–H groups in total. The molecule has 2 aromatic carbocycles. The molecular formula is C27H29FN4O2. The highest BCUT2D eigenvalue weighted by molar-refractivity contribution is 5.91. The molecule has 0 unspecified atom stereocenters. The average molecular weight is 461 g/mol. The summed E-state index contributed by atoms with van der Waals surface area (Å²) in [6.45, 7) is 8.32. The maximum Gasteiger partial charge on any atom is 0.224 e. The minimum absolute atomic E-state index is 0.0672. The maximum absolute atomic E-state index is 13.9. The van der Waals surface area contributed by atoms with Gasteiger partial charge in [-0.3, -0.25) is 4.79 Å². The number of fused-ring (bicyclic) bond motifs is 1. The molecule has 6 nitrogen and oxygen atoms in total. The highest BCUT2D eigenvalue weighted by atomic mass is 19.1. The number of anilines is 1. The van der Waals surface area contributed by atoms with Gasteiger partial charge in [0.1, 0.15) is 5.82 Å². The second-order valence-corrected chi connectivity index (χ2v) is 8.23. The number of benzene rings is 2. The molecular weight excluding hydrogens is 431 g/mol. The van der Waals surface area contributed by atoms with Gasteiger partial charge >= 0.3 is 0 Å². The molecule has 0 spiro atoms. The summed E-state index contributed by atoms with van der Waals surface area (Å²) >= 11 is 0. The van der Waals surface area contributed by atoms with Crippen molar-refractivity contribution in [1.29, 1.82) is 0 Å². The van der Waals surface area contributed by atoms with Crippen LogP contribution in [0.5, 0.6) is 5.88 Å². The van der Waals surface area contributed by atoms with Crippen molar-refractivity contribution in [1.82, 2.24) is 14.8 Å². The standard InChI is InChI=1S/C27H29FN4O2/c1-5-19-9-7-11-21(15-19)29-24(33)14-13-23-17(3)25-18(4)31-32(22-12-8-10-20(28)16-22)26(25)30-27(23)34-6-2/h7-12,15-16H,5-6,13-14H2,1-4H3,(H,29,33). The Kier molecular flexibility index (Phi) is 6.91. The molecule has 0 aliphatic heterocycles. The number of ether oxygens (including phenoxy) is 1. The van der Waals surface area contributed by atoms with Gasteiger partial charge in [0.25, 0.3) is 0 Å². The van der Waals surface area contributed by atoms with Crippen molar-refractivity contribution < 1.29 is 13.9 Å². The first-order valence-corrected chi connectivity index (χ1v) is 11.6. The van der Waals surface area contributed by atoms with Crippen LogP contribution in [-0.4, -0.2) is 27.3 Å². The van der Waals surface area contributed by atoms with Crippen molar-refractivity contribution in [3.8, 4) is 11.6 Å². The lowest BCUT2D eigenvalue weighted by molar-refractivity contribution is -0.116. The summed E-state index contributed by atoms with van der Waals surface area (Å²) in [7, 11) is 0. The second kappa shape index (κ2) is 10.0. The number of carbonyl (C=O) groups excluding carboxylic acids is 1. The highest BCUT2D eigenvalue weighted by Gasteiger charge is 2.21. The topological polar surface area (TPSA) is 69.0 Å². The Morgan fingerprint density at radius 2 is 1.91 bits per heavy atom. The number of nitrogens with zero attached hydrogens (tertiary/aromatic N) is 3. The van der Waals surface area contributed by atoms with Gasteiger partial charge in [0.2, 0.25) is 11.8 Å². The number of carbonyl (C=O) groups is 1. The lowest BCUT2D eigenvalue weighted by atomic mass is 10.0. The summed E-state index contributed by atoms with van der Waals surface area (Å²) in [4.78, 5) is 17.5. The first-order chi connectivity index (χ1) is 16.4. The quantitative estimate of drug-likeness (QED) is 0.366. The normalized spacial score (nSPS) is 11.1. The number of hydrogen-bond donors (Lipinski definition) is 1. The van der Waals surface area contributed by atoms with E-state index in [1.165, 1.54) is 17.7 Å². The third-order valence-electron chi connectivity index (χ3n) is 5.88. The molecule has 0 aliphatic rings. The summed E-state index contributed by atoms with van der Waals surface area (Å²) in [5.41, 5.74) is 5.81. The average Bonchev–Trinajstić information content (AvgIpc) is 3.15. The minimum Gasteiger partial charge on any atom is -0.478 e. The largest absolute Gasteiger partial charge is 0.478 e. The van der Waals surface area contributed by atoms with Gasteiger partial charge in [0, 0.05) is 23.1 Å². The van der Waals surface area contributed by atoms with Crippen molar-refractivity contribution in [3.63, 3.8) is 0 Å². The van der Waals surface area contributed by atoms with Crippen LogP contribution in [0.3, 0.4) is 0 Å². The Labute approximate surface area is 198 Å². The second-order valence-electron chi connectivity index (χ2n) is 8.23. The van der Waals surface area contributed by atoms with E-state index in [2.05, 4.69) is 17.3 Å². The van der Waals surface area contributed by atoms with Crippen LogP contribution in [-0.2, 0) is 17.6 Å². The number of aromatic nitrogens is 3. The Morgan fingerprint density at radius 3 is 2.65 bits per heavy atom. The third kappa shape index (κ3) is 4.78. The molecule has 2 aromatic heterocycles. The maximum atomic E-state index is 13.9. The molecule has 0 atom stereocenters. The van der Waals surface area contributed by atoms with E-state index in [4.69, 9.17) is 9.72 Å². The molecule has 4 rings (SSSR count). The molecule has 1 amide bonds. The molecule has 34 heavy (non-hydrogen) atoms. The van der Waals surface area contributed by atoms with Crippen molar-refractivity contribution in [2.75, 3.05) is 11.9 Å². The van der Waals surface area contributed by atoms with Gasteiger partial charge < -0.3 is 10.1 Å². The van der Waals surface area contributed by atoms with Crippen LogP contribution < -0.4 is 10.1 Å². The van der Waals surface area contributed by atoms with Crippen LogP contribution in [0.2, 0.25) is 0 Å². The summed E-state index contributed by atoms with van der Waals surface area (Å²) < 4.78 is 21.4. The summed E-state index contributed by atoms with van der Waals surface area (Å²) in [6.07, 6.45) is 1.69. The fourth-order valence-electron chi connectivity index (χ4n) is 4.20. The van der Waals surface area contributed by atoms with Crippen LogP contribution in [0.15, 0.2) is 48.5 Å². The first kappa shape index (κ1) is 23.4. The van der Waals surface area contributed by atoms with E-state index in [-0.39, 0.29) is 11.7 Å². The summed E-state index contributed by atoms with van der Waals surface area (Å²) in [5.74, 6) is 0.0703. The molecule has 2 heterocycles. The molecule has 0 bridgehead atoms. The lowest BCUT2D eigenvalue weighted by Gasteiger charge is -2.14. The molecule has 0 radical (unpaired) electrons. The number of amides is 1. The van der Waals surface area contributed by atoms with Crippen LogP contribution in [0, 0.1) is 19.7 Å². The van der Waals surface area contributed by atoms with Crippen molar-refractivity contribution in [2.45, 2.75) is 47.0 Å². The number of pyridine rings is 1. The number of aryl methyl sites for hydroxylation is 3. The van der Waals surface area contributed by atoms with Gasteiger partial charge in [-0.25, -0.2) is 9.07 Å². The van der Waals surface area contributed by atoms with E-state index in [1.54, 1.807) is 16.8 Å². The van der Waals surface area contributed by atoms with Crippen LogP contribution >= 0.6 is 0 Å². The molecule has 0 saturated carbocycles. The number of nitrogens with one attached hydrogen (secondary N) is 1. The molecule has 7 heteroatoms. The van der Waals surface area contributed by atoms with Crippen LogP contribution in [0.25, 0.3) is 16.7 Å². The van der Waals surface area contributed by atoms with Gasteiger partial charge in [-0.15, -0.1) is 0 Å². The zero-order chi connectivity index (χ0) is 24.2. The summed E-state index contributed by atoms with van der Waals surface area (Å²) in [6, 6.07) is 14.1. The fraction of sp³-hybridized carbons (Fsp3) is 0.296. The van der Waals surface area contributed by atoms with Gasteiger partial charge in [-0.2, -0.15) is 10.1 Å². The third-order valence-corrected chi connectivity index (χ3v) is 5.88. The van der Waals surface area contributed by atoms with Crippen LogP contribution in [0.4, 0.5) is 10.1 Å². The molecule has 4 aromatic rings. The van der Waals surface area contributed by atoms with E-state index >= 15 is 0 Å². The number of hydrogen-bond acceptors (Lipinski definition) is 4. The van der Waals surface area contributed by atoms with Crippen molar-refractivity contribution in [2.24, 2.45) is 0 Å². The zero-order valence-electron chi connectivity index (χ0n) is 20.0. The van der Waals surface area contributed by atoms with Gasteiger partial charge in [-0.05, 0) is 75.1 Å². The van der Waals surface area contributed by atoms with E-state index < -0.39 is 0 Å². The number of halogens is 1. The SMILES string of the molecule is CCOc1nc2c(c(C)nn2-c2cccc(F)c2)c(C)c1CCC(=O)Nc1cccc(CC)c1. The van der Waals surface area contributed by atoms with E-state index in [0.717, 1.165) is 34.3 Å². The minimum atomic E-state index is -0.340. The molecule has 0 saturated heterocycles. The monoisotopic (exact) mass is 460 g/mol. The van der Waals surface area contributed by atoms with Crippen molar-refractivity contribution in [3.05, 3.63) is 76.7 Å². The smallest absolute Gasteiger partial charge is 0.224 e. The molecule has 0 fully saturated rings. The predicted molar refractivity (Wildman–Crippen MR) is 132 cm³/mol. The van der Waals surface area contributed by atoms with E-state index in [0.29, 0.717) is 36.7 Å². The van der Waals surface area contributed by atoms with Crippen molar-refractivity contribution >= 4 is 22.6 Å². The highest BCUT2D eigenvalue weighted by Crippen LogP contribution is 2.32. The Hall–Kier alpha value is -3.74. The lowest BCUT2D eigenvalue weighted by Crippen LogP contribution is -2.14. The Morgan fingerprint density at radius 1 is 1.12 bits per heavy atom. The van der Waals surface area contributed by atoms with Gasteiger partial charge in [-0.1, -0.05) is 25.1 Å². The molecule has 0 aliphatic carbocycles. The van der Waals surface area contributed by atoms with E-state index in [1.807, 2.05) is 45.0 Å². The number of rotatable bonds is 8. The van der Waals surface area contributed by atoms with Gasteiger partial charge in [0.15, 0.2) is 5.65 Å². The first-order valence-electron chi connectivity index (χ1n) is 11.6. The summed E-state index contributed by atoms with van der Waals surface area (Å²) in [5, 5.41) is 8.50. The van der Waals surface area contributed by atoms with Gasteiger partial charge in [0.05, 0.1) is 18.0 Å². The molecule has 176 valence electrons. The zero-order valence-corrected chi connectivity index (χ0v) is 20.0. The Balaban J connectivity index is 1.65.